The van der Waals surface area contributed by atoms with Crippen LogP contribution in [0.3, 0.4) is 0 Å². The summed E-state index contributed by atoms with van der Waals surface area (Å²) >= 11 is 0. The van der Waals surface area contributed by atoms with Gasteiger partial charge in [-0.3, -0.25) is 9.89 Å². The molecule has 2 heterocycles. The molecule has 0 spiro atoms. The lowest BCUT2D eigenvalue weighted by molar-refractivity contribution is 0.147. The summed E-state index contributed by atoms with van der Waals surface area (Å²) < 4.78 is 1.90. The summed E-state index contributed by atoms with van der Waals surface area (Å²) in [4.78, 5) is 6.96. The third-order valence-electron chi connectivity index (χ3n) is 5.25. The van der Waals surface area contributed by atoms with E-state index in [9.17, 15) is 0 Å². The first kappa shape index (κ1) is 22.7. The fraction of sp³-hybridized carbons (Fsp3) is 0.524. The number of benzene rings is 1. The Hall–Kier alpha value is -1.61. The molecule has 6 nitrogen and oxygen atoms in total. The van der Waals surface area contributed by atoms with Gasteiger partial charge in [-0.2, -0.15) is 5.10 Å². The smallest absolute Gasteiger partial charge is 0.191 e. The van der Waals surface area contributed by atoms with Crippen LogP contribution >= 0.6 is 24.0 Å². The predicted molar refractivity (Wildman–Crippen MR) is 127 cm³/mol. The summed E-state index contributed by atoms with van der Waals surface area (Å²) in [6.07, 6.45) is 9.24. The van der Waals surface area contributed by atoms with E-state index in [2.05, 4.69) is 50.9 Å². The average Bonchev–Trinajstić information content (AvgIpc) is 3.20. The van der Waals surface area contributed by atoms with Crippen LogP contribution in [-0.2, 0) is 6.54 Å². The van der Waals surface area contributed by atoms with Crippen LogP contribution in [0.2, 0.25) is 0 Å². The highest BCUT2D eigenvalue weighted by Crippen LogP contribution is 2.18. The summed E-state index contributed by atoms with van der Waals surface area (Å²) in [5.74, 6) is 0.840. The van der Waals surface area contributed by atoms with Gasteiger partial charge in [0, 0.05) is 44.5 Å². The molecule has 28 heavy (non-hydrogen) atoms. The Labute approximate surface area is 185 Å². The zero-order valence-corrected chi connectivity index (χ0v) is 19.3. The monoisotopic (exact) mass is 496 g/mol. The minimum atomic E-state index is 0. The highest BCUT2D eigenvalue weighted by molar-refractivity contribution is 14.0. The van der Waals surface area contributed by atoms with Gasteiger partial charge in [-0.1, -0.05) is 31.5 Å². The van der Waals surface area contributed by atoms with E-state index in [0.717, 1.165) is 36.3 Å². The molecule has 0 amide bonds. The minimum absolute atomic E-state index is 0. The van der Waals surface area contributed by atoms with E-state index < -0.39 is 0 Å². The Bertz CT molecular complexity index is 715. The van der Waals surface area contributed by atoms with Crippen LogP contribution in [0.15, 0.2) is 47.7 Å². The summed E-state index contributed by atoms with van der Waals surface area (Å²) in [5, 5.41) is 11.3. The number of guanidine groups is 1. The van der Waals surface area contributed by atoms with Crippen LogP contribution in [0.5, 0.6) is 0 Å². The van der Waals surface area contributed by atoms with E-state index in [1.165, 1.54) is 32.2 Å². The number of hydrogen-bond acceptors (Lipinski definition) is 3. The van der Waals surface area contributed by atoms with E-state index in [4.69, 9.17) is 0 Å². The minimum Gasteiger partial charge on any atom is -0.355 e. The first-order valence-electron chi connectivity index (χ1n) is 10.1. The molecule has 1 aliphatic heterocycles. The number of nitrogens with one attached hydrogen (secondary N) is 2. The van der Waals surface area contributed by atoms with Crippen molar-refractivity contribution >= 4 is 29.9 Å². The molecular formula is C21H33IN6. The number of aromatic nitrogens is 2. The van der Waals surface area contributed by atoms with Crippen molar-refractivity contribution in [3.63, 3.8) is 0 Å². The highest BCUT2D eigenvalue weighted by Gasteiger charge is 2.19. The van der Waals surface area contributed by atoms with Crippen molar-refractivity contribution in [3.05, 3.63) is 48.3 Å². The largest absolute Gasteiger partial charge is 0.355 e. The van der Waals surface area contributed by atoms with Crippen LogP contribution in [0.4, 0.5) is 0 Å². The molecule has 0 bridgehead atoms. The SMILES string of the molecule is CCC1CCCCN1CCNC(=NC)NCc1cnn(-c2ccccc2)c1.I. The van der Waals surface area contributed by atoms with E-state index in [1.54, 1.807) is 0 Å². The van der Waals surface area contributed by atoms with Gasteiger partial charge in [-0.15, -0.1) is 24.0 Å². The van der Waals surface area contributed by atoms with E-state index >= 15 is 0 Å². The molecule has 0 saturated carbocycles. The Morgan fingerprint density at radius 1 is 1.21 bits per heavy atom. The van der Waals surface area contributed by atoms with Gasteiger partial charge in [0.25, 0.3) is 0 Å². The molecular weight excluding hydrogens is 463 g/mol. The van der Waals surface area contributed by atoms with Crippen LogP contribution in [0.1, 0.15) is 38.2 Å². The molecule has 1 fully saturated rings. The zero-order valence-electron chi connectivity index (χ0n) is 17.0. The van der Waals surface area contributed by atoms with Crippen LogP contribution < -0.4 is 10.6 Å². The predicted octanol–water partition coefficient (Wildman–Crippen LogP) is 3.42. The lowest BCUT2D eigenvalue weighted by Gasteiger charge is -2.35. The molecule has 1 unspecified atom stereocenters. The molecule has 154 valence electrons. The molecule has 1 aromatic heterocycles. The van der Waals surface area contributed by atoms with Crippen LogP contribution in [0.25, 0.3) is 5.69 Å². The van der Waals surface area contributed by atoms with Gasteiger partial charge in [-0.25, -0.2) is 4.68 Å². The number of rotatable bonds is 7. The lowest BCUT2D eigenvalue weighted by atomic mass is 10.0. The molecule has 0 radical (unpaired) electrons. The van der Waals surface area contributed by atoms with Gasteiger partial charge < -0.3 is 10.6 Å². The van der Waals surface area contributed by atoms with Crippen molar-refractivity contribution in [2.45, 2.75) is 45.2 Å². The Balaban J connectivity index is 0.00000280. The molecule has 1 saturated heterocycles. The number of nitrogens with zero attached hydrogens (tertiary/aromatic N) is 4. The van der Waals surface area contributed by atoms with Crippen LogP contribution in [0, 0.1) is 0 Å². The quantitative estimate of drug-likeness (QED) is 0.351. The molecule has 2 aromatic rings. The fourth-order valence-corrected chi connectivity index (χ4v) is 3.71. The second-order valence-corrected chi connectivity index (χ2v) is 7.08. The number of para-hydroxylation sites is 1. The first-order valence-corrected chi connectivity index (χ1v) is 10.1. The van der Waals surface area contributed by atoms with Gasteiger partial charge in [0.1, 0.15) is 0 Å². The highest BCUT2D eigenvalue weighted by atomic mass is 127. The molecule has 0 aliphatic carbocycles. The van der Waals surface area contributed by atoms with Crippen molar-refractivity contribution in [1.29, 1.82) is 0 Å². The molecule has 7 heteroatoms. The normalized spacial score (nSPS) is 17.8. The van der Waals surface area contributed by atoms with Crippen molar-refractivity contribution in [3.8, 4) is 5.69 Å². The number of piperidine rings is 1. The number of likely N-dealkylation sites (tertiary alicyclic amines) is 1. The van der Waals surface area contributed by atoms with E-state index in [0.29, 0.717) is 6.54 Å². The van der Waals surface area contributed by atoms with Crippen molar-refractivity contribution in [1.82, 2.24) is 25.3 Å². The number of hydrogen-bond donors (Lipinski definition) is 2. The Kier molecular flexibility index (Phi) is 9.77. The maximum absolute atomic E-state index is 4.44. The summed E-state index contributed by atoms with van der Waals surface area (Å²) in [7, 11) is 1.82. The van der Waals surface area contributed by atoms with Gasteiger partial charge in [-0.05, 0) is 37.9 Å². The number of halogens is 1. The summed E-state index contributed by atoms with van der Waals surface area (Å²) in [5.41, 5.74) is 2.20. The van der Waals surface area contributed by atoms with Crippen molar-refractivity contribution in [2.75, 3.05) is 26.7 Å². The summed E-state index contributed by atoms with van der Waals surface area (Å²) in [6, 6.07) is 10.9. The van der Waals surface area contributed by atoms with Gasteiger partial charge in [0.2, 0.25) is 0 Å². The zero-order chi connectivity index (χ0) is 18.9. The maximum atomic E-state index is 4.44. The Morgan fingerprint density at radius 2 is 2.04 bits per heavy atom. The van der Waals surface area contributed by atoms with E-state index in [-0.39, 0.29) is 24.0 Å². The van der Waals surface area contributed by atoms with Crippen LogP contribution in [-0.4, -0.2) is 53.4 Å². The van der Waals surface area contributed by atoms with Crippen molar-refractivity contribution < 1.29 is 0 Å². The van der Waals surface area contributed by atoms with Crippen molar-refractivity contribution in [2.24, 2.45) is 4.99 Å². The fourth-order valence-electron chi connectivity index (χ4n) is 3.71. The first-order chi connectivity index (χ1) is 13.3. The topological polar surface area (TPSA) is 57.5 Å². The van der Waals surface area contributed by atoms with Gasteiger partial charge in [0.15, 0.2) is 5.96 Å². The third-order valence-corrected chi connectivity index (χ3v) is 5.25. The molecule has 1 aliphatic rings. The third kappa shape index (κ3) is 6.48. The number of aliphatic imine (C=N–C) groups is 1. The van der Waals surface area contributed by atoms with Gasteiger partial charge in [0.05, 0.1) is 11.9 Å². The lowest BCUT2D eigenvalue weighted by Crippen LogP contribution is -2.45. The second-order valence-electron chi connectivity index (χ2n) is 7.08. The maximum Gasteiger partial charge on any atom is 0.191 e. The second kappa shape index (κ2) is 12.1. The van der Waals surface area contributed by atoms with Gasteiger partial charge >= 0.3 is 0 Å². The molecule has 3 rings (SSSR count). The summed E-state index contributed by atoms with van der Waals surface area (Å²) in [6.45, 7) is 6.22. The molecule has 1 atom stereocenters. The molecule has 2 N–H and O–H groups in total. The average molecular weight is 496 g/mol. The Morgan fingerprint density at radius 3 is 2.79 bits per heavy atom. The molecule has 1 aromatic carbocycles. The standard InChI is InChI=1S/C21H32N6.HI/c1-3-19-9-7-8-13-26(19)14-12-23-21(22-2)24-15-18-16-25-27(17-18)20-10-5-4-6-11-20;/h4-6,10-11,16-17,19H,3,7-9,12-15H2,1-2H3,(H2,22,23,24);1H. The van der Waals surface area contributed by atoms with E-state index in [1.807, 2.05) is 36.1 Å².